The number of benzene rings is 1. The molecule has 0 radical (unpaired) electrons. The minimum atomic E-state index is -4.12. The Morgan fingerprint density at radius 1 is 1.41 bits per heavy atom. The highest BCUT2D eigenvalue weighted by Gasteiger charge is 2.11. The predicted molar refractivity (Wildman–Crippen MR) is 62.7 cm³/mol. The van der Waals surface area contributed by atoms with E-state index in [4.69, 9.17) is 15.4 Å². The van der Waals surface area contributed by atoms with Crippen LogP contribution in [0.1, 0.15) is 6.92 Å². The maximum absolute atomic E-state index is 10.9. The monoisotopic (exact) mass is 279 g/mol. The number of methoxy groups -OCH3 is 1. The fraction of sp³-hybridized carbons (Fsp3) is 0.222. The first-order valence-corrected chi connectivity index (χ1v) is 6.65. The molecule has 1 aromatic rings. The molecule has 1 N–H and O–H groups in total. The average Bonchev–Trinajstić information content (AvgIpc) is 2.14. The lowest BCUT2D eigenvalue weighted by Crippen LogP contribution is -2.08. The van der Waals surface area contributed by atoms with E-state index in [1.165, 1.54) is 32.2 Å². The highest BCUT2D eigenvalue weighted by Crippen LogP contribution is 2.29. The van der Waals surface area contributed by atoms with Crippen molar-refractivity contribution in [1.29, 1.82) is 0 Å². The number of ether oxygens (including phenoxy) is 1. The van der Waals surface area contributed by atoms with Gasteiger partial charge in [0.15, 0.2) is 0 Å². The molecule has 0 atom stereocenters. The van der Waals surface area contributed by atoms with E-state index in [-0.39, 0.29) is 17.3 Å². The Morgan fingerprint density at radius 2 is 2.06 bits per heavy atom. The molecule has 0 aliphatic rings. The summed E-state index contributed by atoms with van der Waals surface area (Å²) >= 11 is 0. The van der Waals surface area contributed by atoms with Crippen molar-refractivity contribution in [2.24, 2.45) is 0 Å². The summed E-state index contributed by atoms with van der Waals surface area (Å²) in [5.74, 6) is 0.0262. The van der Waals surface area contributed by atoms with Crippen molar-refractivity contribution in [3.8, 4) is 11.5 Å². The Bertz CT molecular complexity index is 528. The van der Waals surface area contributed by atoms with Crippen molar-refractivity contribution < 1.29 is 22.1 Å². The molecule has 0 aromatic heterocycles. The molecule has 1 aromatic carbocycles. The van der Waals surface area contributed by atoms with Gasteiger partial charge in [0.1, 0.15) is 11.5 Å². The molecule has 8 heteroatoms. The quantitative estimate of drug-likeness (QED) is 0.845. The standard InChI is InChI=1S/C9H10ClNO5S/c1-6(12)11-8-5-7(16-17(10,13)14)3-4-9(8)15-2/h3-5H,1-2H3,(H,11,12). The lowest BCUT2D eigenvalue weighted by molar-refractivity contribution is -0.114. The van der Waals surface area contributed by atoms with Crippen LogP contribution in [0.25, 0.3) is 0 Å². The molecule has 0 heterocycles. The van der Waals surface area contributed by atoms with Crippen molar-refractivity contribution in [2.45, 2.75) is 6.92 Å². The molecule has 0 aliphatic carbocycles. The van der Waals surface area contributed by atoms with Gasteiger partial charge >= 0.3 is 9.33 Å². The first-order valence-electron chi connectivity index (χ1n) is 4.41. The molecule has 0 bridgehead atoms. The summed E-state index contributed by atoms with van der Waals surface area (Å²) in [5.41, 5.74) is 0.290. The number of hydrogen-bond acceptors (Lipinski definition) is 5. The van der Waals surface area contributed by atoms with Crippen LogP contribution in [0.5, 0.6) is 11.5 Å². The second kappa shape index (κ2) is 5.24. The van der Waals surface area contributed by atoms with Gasteiger partial charge in [-0.2, -0.15) is 8.42 Å². The van der Waals surface area contributed by atoms with E-state index in [0.29, 0.717) is 5.75 Å². The lowest BCUT2D eigenvalue weighted by Gasteiger charge is -2.10. The van der Waals surface area contributed by atoms with Gasteiger partial charge in [-0.25, -0.2) is 0 Å². The molecule has 0 unspecified atom stereocenters. The minimum Gasteiger partial charge on any atom is -0.495 e. The summed E-state index contributed by atoms with van der Waals surface area (Å²) in [6.45, 7) is 1.31. The third-order valence-corrected chi connectivity index (χ3v) is 2.26. The summed E-state index contributed by atoms with van der Waals surface area (Å²) in [4.78, 5) is 10.9. The molecular weight excluding hydrogens is 270 g/mol. The Labute approximate surface area is 103 Å². The van der Waals surface area contributed by atoms with E-state index in [2.05, 4.69) is 9.50 Å². The van der Waals surface area contributed by atoms with Gasteiger partial charge in [-0.15, -0.1) is 0 Å². The first-order chi connectivity index (χ1) is 7.81. The molecule has 17 heavy (non-hydrogen) atoms. The number of carbonyl (C=O) groups excluding carboxylic acids is 1. The van der Waals surface area contributed by atoms with Crippen LogP contribution in [0, 0.1) is 0 Å². The summed E-state index contributed by atoms with van der Waals surface area (Å²) in [6, 6.07) is 4.09. The number of halogens is 1. The lowest BCUT2D eigenvalue weighted by atomic mass is 10.2. The maximum Gasteiger partial charge on any atom is 0.401 e. The number of carbonyl (C=O) groups is 1. The van der Waals surface area contributed by atoms with Gasteiger partial charge < -0.3 is 14.2 Å². The highest BCUT2D eigenvalue weighted by atomic mass is 35.7. The van der Waals surface area contributed by atoms with Crippen molar-refractivity contribution in [3.63, 3.8) is 0 Å². The van der Waals surface area contributed by atoms with Crippen molar-refractivity contribution in [3.05, 3.63) is 18.2 Å². The SMILES string of the molecule is COc1ccc(OS(=O)(=O)Cl)cc1NC(C)=O. The van der Waals surface area contributed by atoms with Crippen LogP contribution in [0.15, 0.2) is 18.2 Å². The van der Waals surface area contributed by atoms with E-state index in [1.807, 2.05) is 0 Å². The number of anilines is 1. The molecule has 1 rings (SSSR count). The van der Waals surface area contributed by atoms with E-state index < -0.39 is 9.33 Å². The Hall–Kier alpha value is -1.47. The van der Waals surface area contributed by atoms with Crippen LogP contribution < -0.4 is 14.2 Å². The van der Waals surface area contributed by atoms with Crippen LogP contribution in [0.4, 0.5) is 5.69 Å². The summed E-state index contributed by atoms with van der Waals surface area (Å²) in [5, 5.41) is 2.47. The third-order valence-electron chi connectivity index (χ3n) is 1.68. The topological polar surface area (TPSA) is 81.7 Å². The van der Waals surface area contributed by atoms with Gasteiger partial charge in [0.25, 0.3) is 0 Å². The molecule has 0 spiro atoms. The van der Waals surface area contributed by atoms with Gasteiger partial charge in [0, 0.05) is 13.0 Å². The average molecular weight is 280 g/mol. The maximum atomic E-state index is 10.9. The summed E-state index contributed by atoms with van der Waals surface area (Å²) < 4.78 is 30.9. The fourth-order valence-corrected chi connectivity index (χ4v) is 1.69. The Kier molecular flexibility index (Phi) is 4.19. The first kappa shape index (κ1) is 13.6. The highest BCUT2D eigenvalue weighted by molar-refractivity contribution is 8.10. The minimum absolute atomic E-state index is 0.0236. The molecule has 94 valence electrons. The normalized spacial score (nSPS) is 10.8. The zero-order valence-electron chi connectivity index (χ0n) is 9.06. The van der Waals surface area contributed by atoms with Gasteiger partial charge in [-0.05, 0) is 12.1 Å². The van der Waals surface area contributed by atoms with Crippen LogP contribution in [0.2, 0.25) is 0 Å². The summed E-state index contributed by atoms with van der Waals surface area (Å²) in [7, 11) is 2.22. The van der Waals surface area contributed by atoms with Crippen LogP contribution in [-0.4, -0.2) is 21.4 Å². The zero-order valence-corrected chi connectivity index (χ0v) is 10.6. The second-order valence-electron chi connectivity index (χ2n) is 3.02. The van der Waals surface area contributed by atoms with Crippen molar-refractivity contribution >= 4 is 31.6 Å². The largest absolute Gasteiger partial charge is 0.495 e. The number of amides is 1. The zero-order chi connectivity index (χ0) is 13.1. The van der Waals surface area contributed by atoms with Crippen LogP contribution in [0.3, 0.4) is 0 Å². The fourth-order valence-electron chi connectivity index (χ4n) is 1.14. The molecule has 0 aliphatic heterocycles. The van der Waals surface area contributed by atoms with E-state index >= 15 is 0 Å². The van der Waals surface area contributed by atoms with E-state index in [0.717, 1.165) is 0 Å². The molecular formula is C9H10ClNO5S. The van der Waals surface area contributed by atoms with Gasteiger partial charge in [-0.1, -0.05) is 0 Å². The van der Waals surface area contributed by atoms with Crippen molar-refractivity contribution in [1.82, 2.24) is 0 Å². The number of hydrogen-bond donors (Lipinski definition) is 1. The predicted octanol–water partition coefficient (Wildman–Crippen LogP) is 1.52. The van der Waals surface area contributed by atoms with Gasteiger partial charge in [0.2, 0.25) is 5.91 Å². The second-order valence-corrected chi connectivity index (χ2v) is 5.11. The van der Waals surface area contributed by atoms with Gasteiger partial charge in [0.05, 0.1) is 23.5 Å². The van der Waals surface area contributed by atoms with E-state index in [9.17, 15) is 13.2 Å². The Balaban J connectivity index is 3.08. The molecule has 0 saturated heterocycles. The Morgan fingerprint density at radius 3 is 2.53 bits per heavy atom. The van der Waals surface area contributed by atoms with Crippen LogP contribution in [-0.2, 0) is 14.1 Å². The number of nitrogens with one attached hydrogen (secondary N) is 1. The smallest absolute Gasteiger partial charge is 0.401 e. The molecule has 0 fully saturated rings. The van der Waals surface area contributed by atoms with E-state index in [1.54, 1.807) is 0 Å². The molecule has 6 nitrogen and oxygen atoms in total. The molecule has 0 saturated carbocycles. The number of rotatable bonds is 4. The van der Waals surface area contributed by atoms with Crippen molar-refractivity contribution in [2.75, 3.05) is 12.4 Å². The third kappa shape index (κ3) is 4.49. The molecule has 1 amide bonds. The van der Waals surface area contributed by atoms with Gasteiger partial charge in [-0.3, -0.25) is 4.79 Å². The summed E-state index contributed by atoms with van der Waals surface area (Å²) in [6.07, 6.45) is 0. The van der Waals surface area contributed by atoms with Crippen LogP contribution >= 0.6 is 10.7 Å².